The fraction of sp³-hybridized carbons (Fsp3) is 0.643. The Balaban J connectivity index is 2.10. The molecular formula is C14H23N3S. The first-order chi connectivity index (χ1) is 8.78. The van der Waals surface area contributed by atoms with Crippen molar-refractivity contribution in [2.24, 2.45) is 5.92 Å². The molecule has 0 radical (unpaired) electrons. The second-order valence-corrected chi connectivity index (χ2v) is 5.64. The van der Waals surface area contributed by atoms with E-state index in [-0.39, 0.29) is 0 Å². The fourth-order valence-electron chi connectivity index (χ4n) is 2.63. The van der Waals surface area contributed by atoms with E-state index >= 15 is 0 Å². The molecule has 2 rings (SSSR count). The molecule has 2 aromatic rings. The Bertz CT molecular complexity index is 442. The minimum atomic E-state index is 0.551. The lowest BCUT2D eigenvalue weighted by Crippen LogP contribution is -2.37. The van der Waals surface area contributed by atoms with Crippen molar-refractivity contribution in [1.29, 1.82) is 0 Å². The second-order valence-electron chi connectivity index (χ2n) is 4.77. The summed E-state index contributed by atoms with van der Waals surface area (Å²) in [6.45, 7) is 7.78. The van der Waals surface area contributed by atoms with Crippen LogP contribution in [0.25, 0.3) is 4.96 Å². The molecule has 2 heterocycles. The van der Waals surface area contributed by atoms with Crippen LogP contribution in [0.3, 0.4) is 0 Å². The van der Waals surface area contributed by atoms with Gasteiger partial charge in [0.05, 0.1) is 5.69 Å². The molecule has 2 aromatic heterocycles. The Morgan fingerprint density at radius 1 is 1.33 bits per heavy atom. The SMILES string of the molecule is CCNC(Cc1cn2ccsc2n1)C(CC)CC. The van der Waals surface area contributed by atoms with Gasteiger partial charge in [0.2, 0.25) is 0 Å². The van der Waals surface area contributed by atoms with Gasteiger partial charge in [-0.2, -0.15) is 0 Å². The standard InChI is InChI=1S/C14H23N3S/c1-4-11(5-2)13(15-6-3)9-12-10-17-7-8-18-14(17)16-12/h7-8,10-11,13,15H,4-6,9H2,1-3H3. The minimum absolute atomic E-state index is 0.551. The van der Waals surface area contributed by atoms with E-state index in [0.29, 0.717) is 6.04 Å². The van der Waals surface area contributed by atoms with Crippen LogP contribution >= 0.6 is 11.3 Å². The van der Waals surface area contributed by atoms with Crippen LogP contribution in [0.15, 0.2) is 17.8 Å². The number of likely N-dealkylation sites (N-methyl/N-ethyl adjacent to an activating group) is 1. The van der Waals surface area contributed by atoms with Crippen LogP contribution in [0.5, 0.6) is 0 Å². The van der Waals surface area contributed by atoms with Gasteiger partial charge < -0.3 is 5.32 Å². The Labute approximate surface area is 113 Å². The summed E-state index contributed by atoms with van der Waals surface area (Å²) < 4.78 is 2.12. The largest absolute Gasteiger partial charge is 0.314 e. The predicted octanol–water partition coefficient (Wildman–Crippen LogP) is 3.35. The Hall–Kier alpha value is -0.870. The van der Waals surface area contributed by atoms with Crippen LogP contribution in [0.1, 0.15) is 39.3 Å². The molecule has 0 aliphatic carbocycles. The van der Waals surface area contributed by atoms with E-state index in [1.165, 1.54) is 18.5 Å². The highest BCUT2D eigenvalue weighted by Gasteiger charge is 2.19. The molecule has 3 nitrogen and oxygen atoms in total. The topological polar surface area (TPSA) is 29.3 Å². The first-order valence-electron chi connectivity index (χ1n) is 6.92. The number of thiazole rings is 1. The Kier molecular flexibility index (Phi) is 4.78. The summed E-state index contributed by atoms with van der Waals surface area (Å²) in [6, 6.07) is 0.551. The highest BCUT2D eigenvalue weighted by atomic mass is 32.1. The predicted molar refractivity (Wildman–Crippen MR) is 78.3 cm³/mol. The zero-order valence-corrected chi connectivity index (χ0v) is 12.3. The molecule has 0 fully saturated rings. The van der Waals surface area contributed by atoms with E-state index < -0.39 is 0 Å². The molecule has 1 unspecified atom stereocenters. The van der Waals surface area contributed by atoms with Gasteiger partial charge >= 0.3 is 0 Å². The normalized spacial score (nSPS) is 13.6. The molecule has 0 aromatic carbocycles. The van der Waals surface area contributed by atoms with E-state index in [2.05, 4.69) is 53.2 Å². The fourth-order valence-corrected chi connectivity index (χ4v) is 3.34. The first kappa shape index (κ1) is 13.6. The van der Waals surface area contributed by atoms with Crippen LogP contribution in [-0.4, -0.2) is 22.0 Å². The maximum Gasteiger partial charge on any atom is 0.193 e. The lowest BCUT2D eigenvalue weighted by molar-refractivity contribution is 0.335. The van der Waals surface area contributed by atoms with Crippen LogP contribution in [0.2, 0.25) is 0 Å². The summed E-state index contributed by atoms with van der Waals surface area (Å²) in [5, 5.41) is 5.70. The van der Waals surface area contributed by atoms with E-state index in [1.807, 2.05) is 0 Å². The van der Waals surface area contributed by atoms with Gasteiger partial charge in [0.25, 0.3) is 0 Å². The molecular weight excluding hydrogens is 242 g/mol. The summed E-state index contributed by atoms with van der Waals surface area (Å²) in [4.78, 5) is 5.79. The molecule has 1 atom stereocenters. The number of fused-ring (bicyclic) bond motifs is 1. The maximum atomic E-state index is 4.69. The highest BCUT2D eigenvalue weighted by Crippen LogP contribution is 2.19. The number of aromatic nitrogens is 2. The van der Waals surface area contributed by atoms with Crippen LogP contribution in [0, 0.1) is 5.92 Å². The van der Waals surface area contributed by atoms with Gasteiger partial charge in [0, 0.05) is 30.2 Å². The summed E-state index contributed by atoms with van der Waals surface area (Å²) in [5.74, 6) is 0.740. The number of hydrogen-bond acceptors (Lipinski definition) is 3. The highest BCUT2D eigenvalue weighted by molar-refractivity contribution is 7.15. The number of nitrogens with zero attached hydrogens (tertiary/aromatic N) is 2. The third-order valence-electron chi connectivity index (χ3n) is 3.66. The number of rotatable bonds is 7. The van der Waals surface area contributed by atoms with Gasteiger partial charge in [-0.1, -0.05) is 33.6 Å². The summed E-state index contributed by atoms with van der Waals surface area (Å²) in [7, 11) is 0. The first-order valence-corrected chi connectivity index (χ1v) is 7.80. The Morgan fingerprint density at radius 3 is 2.72 bits per heavy atom. The van der Waals surface area contributed by atoms with E-state index in [4.69, 9.17) is 0 Å². The van der Waals surface area contributed by atoms with Gasteiger partial charge in [-0.05, 0) is 12.5 Å². The smallest absolute Gasteiger partial charge is 0.193 e. The number of hydrogen-bond donors (Lipinski definition) is 1. The average Bonchev–Trinajstić information content (AvgIpc) is 2.91. The maximum absolute atomic E-state index is 4.69. The monoisotopic (exact) mass is 265 g/mol. The van der Waals surface area contributed by atoms with Gasteiger partial charge in [0.15, 0.2) is 4.96 Å². The van der Waals surface area contributed by atoms with Gasteiger partial charge in [-0.3, -0.25) is 4.40 Å². The molecule has 1 N–H and O–H groups in total. The van der Waals surface area contributed by atoms with Crippen molar-refractivity contribution < 1.29 is 0 Å². The molecule has 0 aliphatic heterocycles. The average molecular weight is 265 g/mol. The van der Waals surface area contributed by atoms with E-state index in [0.717, 1.165) is 23.8 Å². The van der Waals surface area contributed by atoms with Crippen molar-refractivity contribution in [2.75, 3.05) is 6.54 Å². The number of imidazole rings is 1. The van der Waals surface area contributed by atoms with Gasteiger partial charge in [0.1, 0.15) is 0 Å². The zero-order valence-electron chi connectivity index (χ0n) is 11.5. The minimum Gasteiger partial charge on any atom is -0.314 e. The van der Waals surface area contributed by atoms with Crippen molar-refractivity contribution in [3.05, 3.63) is 23.5 Å². The molecule has 0 bridgehead atoms. The molecule has 0 aliphatic rings. The van der Waals surface area contributed by atoms with Crippen molar-refractivity contribution in [3.63, 3.8) is 0 Å². The van der Waals surface area contributed by atoms with Crippen LogP contribution < -0.4 is 5.32 Å². The van der Waals surface area contributed by atoms with Crippen molar-refractivity contribution in [3.8, 4) is 0 Å². The molecule has 0 amide bonds. The summed E-state index contributed by atoms with van der Waals surface area (Å²) in [6.07, 6.45) is 7.75. The van der Waals surface area contributed by atoms with Crippen molar-refractivity contribution >= 4 is 16.3 Å². The lowest BCUT2D eigenvalue weighted by Gasteiger charge is -2.25. The molecule has 0 saturated carbocycles. The summed E-state index contributed by atoms with van der Waals surface area (Å²) in [5.41, 5.74) is 1.21. The van der Waals surface area contributed by atoms with Gasteiger partial charge in [-0.25, -0.2) is 4.98 Å². The quantitative estimate of drug-likeness (QED) is 0.832. The summed E-state index contributed by atoms with van der Waals surface area (Å²) >= 11 is 1.70. The van der Waals surface area contributed by atoms with Crippen LogP contribution in [0.4, 0.5) is 0 Å². The second kappa shape index (κ2) is 6.34. The molecule has 0 saturated heterocycles. The van der Waals surface area contributed by atoms with Crippen LogP contribution in [-0.2, 0) is 6.42 Å². The van der Waals surface area contributed by atoms with Crippen molar-refractivity contribution in [2.45, 2.75) is 46.1 Å². The molecule has 100 valence electrons. The molecule has 4 heteroatoms. The number of nitrogens with one attached hydrogen (secondary N) is 1. The van der Waals surface area contributed by atoms with Crippen molar-refractivity contribution in [1.82, 2.24) is 14.7 Å². The molecule has 18 heavy (non-hydrogen) atoms. The third kappa shape index (κ3) is 2.93. The van der Waals surface area contributed by atoms with E-state index in [9.17, 15) is 0 Å². The Morgan fingerprint density at radius 2 is 2.11 bits per heavy atom. The van der Waals surface area contributed by atoms with E-state index in [1.54, 1.807) is 11.3 Å². The molecule has 0 spiro atoms. The van der Waals surface area contributed by atoms with Gasteiger partial charge in [-0.15, -0.1) is 11.3 Å². The zero-order chi connectivity index (χ0) is 13.0. The lowest BCUT2D eigenvalue weighted by atomic mass is 9.91. The third-order valence-corrected chi connectivity index (χ3v) is 4.43.